The minimum atomic E-state index is -0.530. The molecule has 154 valence electrons. The number of thiazole rings is 1. The Morgan fingerprint density at radius 1 is 1.20 bits per heavy atom. The molecule has 0 fully saturated rings. The molecule has 0 unspecified atom stereocenters. The van der Waals surface area contributed by atoms with Crippen molar-refractivity contribution < 1.29 is 14.3 Å². The minimum absolute atomic E-state index is 0.0158. The predicted molar refractivity (Wildman–Crippen MR) is 115 cm³/mol. The molecule has 1 amide bonds. The monoisotopic (exact) mass is 421 g/mol. The van der Waals surface area contributed by atoms with E-state index in [4.69, 9.17) is 4.74 Å². The number of nitrogens with zero attached hydrogens (tertiary/aromatic N) is 3. The van der Waals surface area contributed by atoms with Crippen LogP contribution in [0.3, 0.4) is 0 Å². The fraction of sp³-hybridized carbons (Fsp3) is 0.304. The fourth-order valence-electron chi connectivity index (χ4n) is 3.78. The van der Waals surface area contributed by atoms with E-state index >= 15 is 0 Å². The van der Waals surface area contributed by atoms with Crippen LogP contribution in [0.4, 0.5) is 0 Å². The number of rotatable bonds is 5. The van der Waals surface area contributed by atoms with Gasteiger partial charge >= 0.3 is 5.97 Å². The Balaban J connectivity index is 1.41. The molecule has 6 nitrogen and oxygen atoms in total. The van der Waals surface area contributed by atoms with Gasteiger partial charge < -0.3 is 9.64 Å². The topological polar surface area (TPSA) is 72.4 Å². The highest BCUT2D eigenvalue weighted by Gasteiger charge is 2.27. The first-order chi connectivity index (χ1) is 14.5. The maximum Gasteiger partial charge on any atom is 0.350 e. The van der Waals surface area contributed by atoms with Gasteiger partial charge in [-0.05, 0) is 49.4 Å². The molecule has 1 atom stereocenters. The van der Waals surface area contributed by atoms with Crippen LogP contribution in [0.2, 0.25) is 0 Å². The predicted octanol–water partition coefficient (Wildman–Crippen LogP) is 4.21. The van der Waals surface area contributed by atoms with Gasteiger partial charge in [0, 0.05) is 13.2 Å². The lowest BCUT2D eigenvalue weighted by Crippen LogP contribution is -2.36. The van der Waals surface area contributed by atoms with E-state index in [-0.39, 0.29) is 18.6 Å². The molecular weight excluding hydrogens is 398 g/mol. The number of fused-ring (bicyclic) bond motifs is 1. The van der Waals surface area contributed by atoms with Crippen molar-refractivity contribution in [3.05, 3.63) is 70.4 Å². The Morgan fingerprint density at radius 3 is 2.80 bits per heavy atom. The molecule has 7 heteroatoms. The highest BCUT2D eigenvalue weighted by molar-refractivity contribution is 7.17. The molecule has 0 aliphatic heterocycles. The van der Waals surface area contributed by atoms with Crippen LogP contribution in [0.25, 0.3) is 10.7 Å². The SMILES string of the molecule is Cc1nc(-c2ccccn2)sc1C(=O)OCC(=O)N(C)[C@H]1CCCc2ccccc21. The van der Waals surface area contributed by atoms with Crippen LogP contribution < -0.4 is 0 Å². The third-order valence-electron chi connectivity index (χ3n) is 5.39. The van der Waals surface area contributed by atoms with Crippen molar-refractivity contribution in [3.8, 4) is 10.7 Å². The van der Waals surface area contributed by atoms with Crippen molar-refractivity contribution in [1.29, 1.82) is 0 Å². The summed E-state index contributed by atoms with van der Waals surface area (Å²) >= 11 is 1.23. The number of aromatic nitrogens is 2. The maximum absolute atomic E-state index is 12.7. The smallest absolute Gasteiger partial charge is 0.350 e. The molecule has 2 heterocycles. The first-order valence-electron chi connectivity index (χ1n) is 9.94. The number of hydrogen-bond donors (Lipinski definition) is 0. The average Bonchev–Trinajstić information content (AvgIpc) is 3.18. The van der Waals surface area contributed by atoms with Crippen molar-refractivity contribution in [3.63, 3.8) is 0 Å². The summed E-state index contributed by atoms with van der Waals surface area (Å²) in [5, 5.41) is 0.655. The Kier molecular flexibility index (Phi) is 5.90. The van der Waals surface area contributed by atoms with E-state index in [1.807, 2.05) is 30.3 Å². The first kappa shape index (κ1) is 20.2. The average molecular weight is 422 g/mol. The summed E-state index contributed by atoms with van der Waals surface area (Å²) in [6.07, 6.45) is 4.67. The number of amides is 1. The number of carbonyl (C=O) groups excluding carboxylic acids is 2. The van der Waals surface area contributed by atoms with Crippen LogP contribution in [-0.2, 0) is 16.0 Å². The van der Waals surface area contributed by atoms with Gasteiger partial charge in [0.25, 0.3) is 5.91 Å². The second-order valence-corrected chi connectivity index (χ2v) is 8.34. The normalized spacial score (nSPS) is 15.3. The van der Waals surface area contributed by atoms with Gasteiger partial charge in [-0.15, -0.1) is 11.3 Å². The summed E-state index contributed by atoms with van der Waals surface area (Å²) in [5.74, 6) is -0.741. The zero-order valence-electron chi connectivity index (χ0n) is 17.0. The number of esters is 1. The second kappa shape index (κ2) is 8.75. The molecule has 4 rings (SSSR count). The molecule has 2 aromatic heterocycles. The Bertz CT molecular complexity index is 1060. The van der Waals surface area contributed by atoms with Gasteiger partial charge in [0.2, 0.25) is 0 Å². The van der Waals surface area contributed by atoms with Gasteiger partial charge in [0.15, 0.2) is 6.61 Å². The van der Waals surface area contributed by atoms with E-state index in [2.05, 4.69) is 22.1 Å². The van der Waals surface area contributed by atoms with Crippen molar-refractivity contribution in [2.45, 2.75) is 32.2 Å². The van der Waals surface area contributed by atoms with Crippen molar-refractivity contribution in [1.82, 2.24) is 14.9 Å². The number of aryl methyl sites for hydroxylation is 2. The summed E-state index contributed by atoms with van der Waals surface area (Å²) in [6, 6.07) is 13.8. The van der Waals surface area contributed by atoms with Crippen LogP contribution in [0.5, 0.6) is 0 Å². The third kappa shape index (κ3) is 4.11. The highest BCUT2D eigenvalue weighted by Crippen LogP contribution is 2.33. The Morgan fingerprint density at radius 2 is 2.00 bits per heavy atom. The fourth-order valence-corrected chi connectivity index (χ4v) is 4.72. The number of carbonyl (C=O) groups is 2. The van der Waals surface area contributed by atoms with E-state index in [0.29, 0.717) is 21.3 Å². The number of pyridine rings is 1. The van der Waals surface area contributed by atoms with Gasteiger partial charge in [-0.3, -0.25) is 9.78 Å². The summed E-state index contributed by atoms with van der Waals surface area (Å²) in [6.45, 7) is 1.47. The van der Waals surface area contributed by atoms with Crippen LogP contribution in [0.15, 0.2) is 48.7 Å². The van der Waals surface area contributed by atoms with Crippen molar-refractivity contribution >= 4 is 23.2 Å². The minimum Gasteiger partial charge on any atom is -0.451 e. The van der Waals surface area contributed by atoms with Crippen molar-refractivity contribution in [2.24, 2.45) is 0 Å². The summed E-state index contributed by atoms with van der Waals surface area (Å²) in [5.41, 5.74) is 3.75. The molecule has 0 saturated heterocycles. The number of ether oxygens (including phenoxy) is 1. The highest BCUT2D eigenvalue weighted by atomic mass is 32.1. The number of benzene rings is 1. The maximum atomic E-state index is 12.7. The van der Waals surface area contributed by atoms with Gasteiger partial charge in [0.05, 0.1) is 17.4 Å². The Labute approximate surface area is 179 Å². The van der Waals surface area contributed by atoms with Crippen LogP contribution in [0.1, 0.15) is 45.4 Å². The molecule has 0 saturated carbocycles. The molecule has 30 heavy (non-hydrogen) atoms. The third-order valence-corrected chi connectivity index (χ3v) is 6.55. The van der Waals surface area contributed by atoms with E-state index < -0.39 is 5.97 Å². The van der Waals surface area contributed by atoms with Gasteiger partial charge in [-0.2, -0.15) is 0 Å². The molecule has 0 radical (unpaired) electrons. The molecule has 1 aromatic carbocycles. The molecule has 0 bridgehead atoms. The van der Waals surface area contributed by atoms with Gasteiger partial charge in [-0.25, -0.2) is 9.78 Å². The lowest BCUT2D eigenvalue weighted by Gasteiger charge is -2.33. The second-order valence-electron chi connectivity index (χ2n) is 7.34. The number of hydrogen-bond acceptors (Lipinski definition) is 6. The zero-order valence-corrected chi connectivity index (χ0v) is 17.8. The van der Waals surface area contributed by atoms with E-state index in [1.165, 1.54) is 22.5 Å². The van der Waals surface area contributed by atoms with E-state index in [9.17, 15) is 9.59 Å². The molecule has 3 aromatic rings. The molecule has 0 N–H and O–H groups in total. The molecule has 1 aliphatic rings. The van der Waals surface area contributed by atoms with Crippen LogP contribution >= 0.6 is 11.3 Å². The molecule has 0 spiro atoms. The summed E-state index contributed by atoms with van der Waals surface area (Å²) in [4.78, 5) is 36.1. The summed E-state index contributed by atoms with van der Waals surface area (Å²) in [7, 11) is 1.78. The Hall–Kier alpha value is -3.06. The quantitative estimate of drug-likeness (QED) is 0.577. The van der Waals surface area contributed by atoms with Crippen LogP contribution in [0, 0.1) is 6.92 Å². The molecular formula is C23H23N3O3S. The van der Waals surface area contributed by atoms with Crippen molar-refractivity contribution in [2.75, 3.05) is 13.7 Å². The summed E-state index contributed by atoms with van der Waals surface area (Å²) < 4.78 is 5.34. The first-order valence-corrected chi connectivity index (χ1v) is 10.8. The molecule has 1 aliphatic carbocycles. The van der Waals surface area contributed by atoms with Gasteiger partial charge in [-0.1, -0.05) is 30.3 Å². The van der Waals surface area contributed by atoms with Crippen LogP contribution in [-0.4, -0.2) is 40.4 Å². The largest absolute Gasteiger partial charge is 0.451 e. The zero-order chi connectivity index (χ0) is 21.1. The number of likely N-dealkylation sites (N-methyl/N-ethyl adjacent to an activating group) is 1. The lowest BCUT2D eigenvalue weighted by molar-refractivity contribution is -0.135. The van der Waals surface area contributed by atoms with E-state index in [1.54, 1.807) is 25.1 Å². The standard InChI is InChI=1S/C23H23N3O3S/c1-15-21(30-22(25-15)18-11-5-6-13-24-18)23(28)29-14-20(27)26(2)19-12-7-9-16-8-3-4-10-17(16)19/h3-6,8,10-11,13,19H,7,9,12,14H2,1-2H3/t19-/m0/s1. The van der Waals surface area contributed by atoms with E-state index in [0.717, 1.165) is 19.3 Å². The van der Waals surface area contributed by atoms with Gasteiger partial charge in [0.1, 0.15) is 9.88 Å². The lowest BCUT2D eigenvalue weighted by atomic mass is 9.87.